The van der Waals surface area contributed by atoms with E-state index in [9.17, 15) is 19.1 Å². The zero-order valence-electron chi connectivity index (χ0n) is 18.5. The molecule has 0 fully saturated rings. The Morgan fingerprint density at radius 2 is 2.03 bits per heavy atom. The number of aromatic hydroxyl groups is 1. The second-order valence-electron chi connectivity index (χ2n) is 8.27. The van der Waals surface area contributed by atoms with Crippen molar-refractivity contribution in [2.45, 2.75) is 32.4 Å². The van der Waals surface area contributed by atoms with Crippen LogP contribution in [0.1, 0.15) is 40.2 Å². The third-order valence-electron chi connectivity index (χ3n) is 5.80. The molecule has 5 rings (SSSR count). The van der Waals surface area contributed by atoms with Gasteiger partial charge in [0.2, 0.25) is 11.5 Å². The molecule has 0 saturated heterocycles. The van der Waals surface area contributed by atoms with Crippen molar-refractivity contribution in [2.24, 2.45) is 0 Å². The van der Waals surface area contributed by atoms with E-state index in [0.29, 0.717) is 17.9 Å². The number of ether oxygens (including phenoxy) is 1. The van der Waals surface area contributed by atoms with Crippen molar-refractivity contribution in [1.29, 1.82) is 0 Å². The van der Waals surface area contributed by atoms with Gasteiger partial charge in [0.15, 0.2) is 11.5 Å². The second kappa shape index (κ2) is 7.65. The number of benzene rings is 1. The number of hydrogen-bond acceptors (Lipinski definition) is 8. The second-order valence-corrected chi connectivity index (χ2v) is 8.27. The minimum atomic E-state index is -1.25. The molecule has 4 heterocycles. The summed E-state index contributed by atoms with van der Waals surface area (Å²) in [5, 5.41) is 21.1. The van der Waals surface area contributed by atoms with Crippen LogP contribution < -0.4 is 15.6 Å². The number of carbonyl (C=O) groups is 1. The number of pyridine rings is 2. The van der Waals surface area contributed by atoms with Crippen LogP contribution in [-0.2, 0) is 18.6 Å². The molecule has 34 heavy (non-hydrogen) atoms. The number of aromatic nitrogens is 4. The molecular weight excluding hydrogens is 445 g/mol. The number of amides is 1. The molecule has 0 spiro atoms. The summed E-state index contributed by atoms with van der Waals surface area (Å²) < 4.78 is 26.7. The minimum absolute atomic E-state index is 0.0415. The first kappa shape index (κ1) is 21.6. The van der Waals surface area contributed by atoms with Crippen LogP contribution in [0.25, 0.3) is 11.0 Å². The molecule has 11 heteroatoms. The van der Waals surface area contributed by atoms with E-state index in [1.807, 2.05) is 0 Å². The van der Waals surface area contributed by atoms with Gasteiger partial charge in [0.05, 0.1) is 6.54 Å². The summed E-state index contributed by atoms with van der Waals surface area (Å²) in [6.07, 6.45) is 1.80. The molecule has 0 saturated carbocycles. The Kier molecular flexibility index (Phi) is 4.85. The standard InChI is InChI=1S/C23H20FN5O5/c1-11-27-28-22(33-11)23(2)10-29-17-16(18(30)15(21(29)32)20(31)25-3)26-9-13(19(17)34-23)8-12-4-6-14(24)7-5-12/h4-7,9,30H,8,10H2,1-3H3,(H,25,31)/t23-/m1/s1. The van der Waals surface area contributed by atoms with E-state index in [-0.39, 0.29) is 35.0 Å². The molecular formula is C23H20FN5O5. The first-order valence-electron chi connectivity index (χ1n) is 10.5. The highest BCUT2D eigenvalue weighted by atomic mass is 19.1. The van der Waals surface area contributed by atoms with Crippen LogP contribution >= 0.6 is 0 Å². The fourth-order valence-electron chi connectivity index (χ4n) is 4.13. The molecule has 0 aliphatic carbocycles. The van der Waals surface area contributed by atoms with Crippen LogP contribution in [0.2, 0.25) is 0 Å². The number of nitrogens with zero attached hydrogens (tertiary/aromatic N) is 4. The number of rotatable bonds is 4. The summed E-state index contributed by atoms with van der Waals surface area (Å²) in [6.45, 7) is 3.26. The average molecular weight is 465 g/mol. The van der Waals surface area contributed by atoms with Gasteiger partial charge < -0.3 is 19.6 Å². The van der Waals surface area contributed by atoms with Crippen LogP contribution in [0.3, 0.4) is 0 Å². The third-order valence-corrected chi connectivity index (χ3v) is 5.80. The number of hydrogen-bond donors (Lipinski definition) is 2. The number of nitrogens with one attached hydrogen (secondary N) is 1. The fraction of sp³-hybridized carbons (Fsp3) is 0.261. The van der Waals surface area contributed by atoms with Gasteiger partial charge in [-0.25, -0.2) is 4.39 Å². The lowest BCUT2D eigenvalue weighted by molar-refractivity contribution is 0.0282. The highest BCUT2D eigenvalue weighted by Gasteiger charge is 2.42. The summed E-state index contributed by atoms with van der Waals surface area (Å²) >= 11 is 0. The Balaban J connectivity index is 1.78. The van der Waals surface area contributed by atoms with Crippen molar-refractivity contribution in [3.63, 3.8) is 0 Å². The van der Waals surface area contributed by atoms with Gasteiger partial charge in [-0.1, -0.05) is 12.1 Å². The molecule has 1 aliphatic heterocycles. The molecule has 3 aromatic heterocycles. The Bertz CT molecular complexity index is 1510. The summed E-state index contributed by atoms with van der Waals surface area (Å²) in [7, 11) is 1.36. The topological polar surface area (TPSA) is 132 Å². The van der Waals surface area contributed by atoms with Crippen molar-refractivity contribution in [2.75, 3.05) is 7.05 Å². The lowest BCUT2D eigenvalue weighted by Crippen LogP contribution is -2.44. The first-order valence-corrected chi connectivity index (χ1v) is 10.5. The van der Waals surface area contributed by atoms with Crippen molar-refractivity contribution in [3.8, 4) is 11.5 Å². The maximum atomic E-state index is 13.4. The molecule has 2 N–H and O–H groups in total. The van der Waals surface area contributed by atoms with Crippen LogP contribution in [0.15, 0.2) is 39.7 Å². The molecule has 0 bridgehead atoms. The summed E-state index contributed by atoms with van der Waals surface area (Å²) in [5.74, 6) is -0.900. The van der Waals surface area contributed by atoms with Crippen molar-refractivity contribution >= 4 is 16.9 Å². The largest absolute Gasteiger partial charge is 0.505 e. The van der Waals surface area contributed by atoms with Gasteiger partial charge in [-0.3, -0.25) is 19.1 Å². The van der Waals surface area contributed by atoms with Gasteiger partial charge in [-0.2, -0.15) is 0 Å². The molecule has 1 aromatic carbocycles. The van der Waals surface area contributed by atoms with Gasteiger partial charge in [0.1, 0.15) is 22.4 Å². The van der Waals surface area contributed by atoms with Crippen LogP contribution in [0.4, 0.5) is 4.39 Å². The van der Waals surface area contributed by atoms with Crippen LogP contribution in [0, 0.1) is 12.7 Å². The monoisotopic (exact) mass is 465 g/mol. The van der Waals surface area contributed by atoms with E-state index in [4.69, 9.17) is 9.15 Å². The van der Waals surface area contributed by atoms with Gasteiger partial charge in [-0.15, -0.1) is 10.2 Å². The van der Waals surface area contributed by atoms with Crippen LogP contribution in [0.5, 0.6) is 11.5 Å². The maximum Gasteiger partial charge on any atom is 0.268 e. The molecule has 10 nitrogen and oxygen atoms in total. The van der Waals surface area contributed by atoms with E-state index >= 15 is 0 Å². The Morgan fingerprint density at radius 1 is 1.29 bits per heavy atom. The molecule has 1 amide bonds. The molecule has 4 aromatic rings. The van der Waals surface area contributed by atoms with E-state index in [1.54, 1.807) is 26.0 Å². The smallest absolute Gasteiger partial charge is 0.268 e. The Hall–Kier alpha value is -4.28. The average Bonchev–Trinajstić information content (AvgIpc) is 3.26. The fourth-order valence-corrected chi connectivity index (χ4v) is 4.13. The van der Waals surface area contributed by atoms with Crippen LogP contribution in [-0.4, -0.2) is 37.8 Å². The predicted octanol–water partition coefficient (Wildman–Crippen LogP) is 2.19. The number of aryl methyl sites for hydroxylation is 1. The van der Waals surface area contributed by atoms with E-state index in [1.165, 1.54) is 29.9 Å². The lowest BCUT2D eigenvalue weighted by Gasteiger charge is -2.35. The van der Waals surface area contributed by atoms with Gasteiger partial charge in [0, 0.05) is 32.2 Å². The minimum Gasteiger partial charge on any atom is -0.505 e. The van der Waals surface area contributed by atoms with Gasteiger partial charge in [-0.05, 0) is 24.6 Å². The molecule has 0 radical (unpaired) electrons. The molecule has 174 valence electrons. The predicted molar refractivity (Wildman–Crippen MR) is 117 cm³/mol. The lowest BCUT2D eigenvalue weighted by atomic mass is 9.99. The third kappa shape index (κ3) is 3.28. The van der Waals surface area contributed by atoms with Crippen molar-refractivity contribution in [1.82, 2.24) is 25.1 Å². The summed E-state index contributed by atoms with van der Waals surface area (Å²) in [6, 6.07) is 5.96. The summed E-state index contributed by atoms with van der Waals surface area (Å²) in [5.41, 5.74) is -0.739. The highest BCUT2D eigenvalue weighted by Crippen LogP contribution is 2.42. The zero-order chi connectivity index (χ0) is 24.2. The van der Waals surface area contributed by atoms with E-state index in [2.05, 4.69) is 20.5 Å². The normalized spacial score (nSPS) is 16.9. The first-order chi connectivity index (χ1) is 16.2. The quantitative estimate of drug-likeness (QED) is 0.469. The Morgan fingerprint density at radius 3 is 2.68 bits per heavy atom. The Labute approximate surface area is 192 Å². The van der Waals surface area contributed by atoms with E-state index < -0.39 is 28.4 Å². The highest BCUT2D eigenvalue weighted by molar-refractivity contribution is 6.02. The maximum absolute atomic E-state index is 13.4. The van der Waals surface area contributed by atoms with Gasteiger partial charge in [0.25, 0.3) is 17.4 Å². The number of halogens is 1. The molecule has 1 atom stereocenters. The van der Waals surface area contributed by atoms with Gasteiger partial charge >= 0.3 is 0 Å². The zero-order valence-corrected chi connectivity index (χ0v) is 18.5. The molecule has 1 aliphatic rings. The number of carbonyl (C=O) groups excluding carboxylic acids is 1. The van der Waals surface area contributed by atoms with E-state index in [0.717, 1.165) is 5.56 Å². The van der Waals surface area contributed by atoms with Crippen molar-refractivity contribution in [3.05, 3.63) is 75.1 Å². The summed E-state index contributed by atoms with van der Waals surface area (Å²) in [4.78, 5) is 30.2. The van der Waals surface area contributed by atoms with Crippen molar-refractivity contribution < 1.29 is 23.4 Å². The SMILES string of the molecule is CNC(=O)c1c(O)c2ncc(Cc3ccc(F)cc3)c3c2n(c1=O)C[C@](C)(c1nnc(C)o1)O3. The molecule has 0 unspecified atom stereocenters.